The van der Waals surface area contributed by atoms with Gasteiger partial charge in [0.1, 0.15) is 5.82 Å². The number of carbonyl (C=O) groups excluding carboxylic acids is 1. The molecule has 1 fully saturated rings. The van der Waals surface area contributed by atoms with Crippen molar-refractivity contribution in [2.45, 2.75) is 10.9 Å². The molecule has 2 heterocycles. The quantitative estimate of drug-likeness (QED) is 0.639. The zero-order valence-corrected chi connectivity index (χ0v) is 18.0. The molecule has 1 amide bonds. The lowest BCUT2D eigenvalue weighted by molar-refractivity contribution is -0.119. The molecule has 8 nitrogen and oxygen atoms in total. The molecule has 3 aromatic rings. The van der Waals surface area contributed by atoms with E-state index in [-0.39, 0.29) is 24.0 Å². The predicted octanol–water partition coefficient (Wildman–Crippen LogP) is 2.47. The van der Waals surface area contributed by atoms with Crippen LogP contribution in [0.2, 0.25) is 0 Å². The van der Waals surface area contributed by atoms with E-state index in [4.69, 9.17) is 5.26 Å². The molecule has 1 aliphatic heterocycles. The van der Waals surface area contributed by atoms with Gasteiger partial charge in [0, 0.05) is 37.9 Å². The third-order valence-corrected chi connectivity index (χ3v) is 7.18. The monoisotopic (exact) mass is 453 g/mol. The standard InChI is InChI=1S/C22H20FN5O3S/c1-27-13-21(25-14-27)32(30,31)28-11-19(16-5-7-17(23)8-6-16)20(12-28)22(29)26-18-4-2-3-15(9-18)10-24/h2-9,13-14,19-20H,11-12H2,1H3,(H,26,29)/t19-,20+/m1/s1. The van der Waals surface area contributed by atoms with E-state index >= 15 is 0 Å². The smallest absolute Gasteiger partial charge is 0.262 e. The van der Waals surface area contributed by atoms with Crippen molar-refractivity contribution < 1.29 is 17.6 Å². The number of aryl methyl sites for hydroxylation is 1. The molecule has 0 spiro atoms. The van der Waals surface area contributed by atoms with Gasteiger partial charge >= 0.3 is 0 Å². The summed E-state index contributed by atoms with van der Waals surface area (Å²) >= 11 is 0. The Morgan fingerprint density at radius 1 is 1.22 bits per heavy atom. The third-order valence-electron chi connectivity index (χ3n) is 5.47. The maximum atomic E-state index is 13.5. The van der Waals surface area contributed by atoms with Crippen LogP contribution in [0.25, 0.3) is 0 Å². The van der Waals surface area contributed by atoms with Crippen LogP contribution in [0.4, 0.5) is 10.1 Å². The highest BCUT2D eigenvalue weighted by atomic mass is 32.2. The van der Waals surface area contributed by atoms with Gasteiger partial charge < -0.3 is 9.88 Å². The second-order valence-electron chi connectivity index (χ2n) is 7.65. The zero-order chi connectivity index (χ0) is 22.9. The molecule has 164 valence electrons. The Morgan fingerprint density at radius 2 is 1.97 bits per heavy atom. The average molecular weight is 453 g/mol. The summed E-state index contributed by atoms with van der Waals surface area (Å²) in [4.78, 5) is 17.1. The van der Waals surface area contributed by atoms with E-state index in [0.29, 0.717) is 16.8 Å². The van der Waals surface area contributed by atoms with Crippen molar-refractivity contribution in [2.24, 2.45) is 13.0 Å². The highest BCUT2D eigenvalue weighted by Crippen LogP contribution is 2.36. The van der Waals surface area contributed by atoms with Gasteiger partial charge in [-0.05, 0) is 35.9 Å². The molecule has 1 saturated heterocycles. The fourth-order valence-electron chi connectivity index (χ4n) is 3.83. The number of carbonyl (C=O) groups is 1. The molecule has 2 aromatic carbocycles. The number of imidazole rings is 1. The van der Waals surface area contributed by atoms with Crippen molar-refractivity contribution in [3.63, 3.8) is 0 Å². The number of benzene rings is 2. The Balaban J connectivity index is 1.65. The number of nitriles is 1. The second kappa shape index (κ2) is 8.53. The largest absolute Gasteiger partial charge is 0.339 e. The molecule has 0 radical (unpaired) electrons. The van der Waals surface area contributed by atoms with Crippen molar-refractivity contribution in [2.75, 3.05) is 18.4 Å². The Labute approximate surface area is 185 Å². The average Bonchev–Trinajstić information content (AvgIpc) is 3.42. The van der Waals surface area contributed by atoms with Gasteiger partial charge in [0.25, 0.3) is 10.0 Å². The van der Waals surface area contributed by atoms with E-state index < -0.39 is 27.7 Å². The molecular formula is C22H20FN5O3S. The van der Waals surface area contributed by atoms with Crippen molar-refractivity contribution in [1.29, 1.82) is 5.26 Å². The number of anilines is 1. The number of amides is 1. The molecule has 2 atom stereocenters. The number of rotatable bonds is 5. The molecule has 0 aliphatic carbocycles. The van der Waals surface area contributed by atoms with Crippen molar-refractivity contribution in [3.05, 3.63) is 78.0 Å². The van der Waals surface area contributed by atoms with E-state index in [1.54, 1.807) is 43.4 Å². The fraction of sp³-hybridized carbons (Fsp3) is 0.227. The Kier molecular flexibility index (Phi) is 5.78. The molecule has 0 saturated carbocycles. The minimum atomic E-state index is -3.91. The first kappa shape index (κ1) is 21.7. The van der Waals surface area contributed by atoms with Gasteiger partial charge in [-0.3, -0.25) is 4.79 Å². The van der Waals surface area contributed by atoms with Gasteiger partial charge in [0.15, 0.2) is 5.03 Å². The van der Waals surface area contributed by atoms with Gasteiger partial charge in [0.05, 0.1) is 23.9 Å². The third kappa shape index (κ3) is 4.26. The molecule has 1 N–H and O–H groups in total. The Hall–Kier alpha value is -3.55. The lowest BCUT2D eigenvalue weighted by Gasteiger charge is -2.18. The number of aromatic nitrogens is 2. The van der Waals surface area contributed by atoms with Crippen LogP contribution in [0, 0.1) is 23.1 Å². The first-order valence-electron chi connectivity index (χ1n) is 9.82. The number of hydrogen-bond donors (Lipinski definition) is 1. The van der Waals surface area contributed by atoms with Crippen LogP contribution < -0.4 is 5.32 Å². The fourth-order valence-corrected chi connectivity index (χ4v) is 5.29. The molecule has 0 unspecified atom stereocenters. The Bertz CT molecular complexity index is 1300. The van der Waals surface area contributed by atoms with Crippen LogP contribution in [0.3, 0.4) is 0 Å². The van der Waals surface area contributed by atoms with E-state index in [2.05, 4.69) is 10.3 Å². The van der Waals surface area contributed by atoms with Gasteiger partial charge in [-0.2, -0.15) is 9.57 Å². The zero-order valence-electron chi connectivity index (χ0n) is 17.1. The number of sulfonamides is 1. The first-order valence-corrected chi connectivity index (χ1v) is 11.3. The molecular weight excluding hydrogens is 433 g/mol. The van der Waals surface area contributed by atoms with Crippen LogP contribution >= 0.6 is 0 Å². The second-order valence-corrected chi connectivity index (χ2v) is 9.53. The summed E-state index contributed by atoms with van der Waals surface area (Å²) in [5.74, 6) is -2.00. The summed E-state index contributed by atoms with van der Waals surface area (Å²) in [5.41, 5.74) is 1.50. The lowest BCUT2D eigenvalue weighted by atomic mass is 9.88. The maximum absolute atomic E-state index is 13.5. The van der Waals surface area contributed by atoms with E-state index in [1.165, 1.54) is 33.5 Å². The highest BCUT2D eigenvalue weighted by Gasteiger charge is 2.44. The van der Waals surface area contributed by atoms with Crippen molar-refractivity contribution >= 4 is 21.6 Å². The van der Waals surface area contributed by atoms with Crippen LogP contribution in [0.1, 0.15) is 17.0 Å². The number of hydrogen-bond acceptors (Lipinski definition) is 5. The van der Waals surface area contributed by atoms with Crippen molar-refractivity contribution in [3.8, 4) is 6.07 Å². The summed E-state index contributed by atoms with van der Waals surface area (Å²) in [6, 6.07) is 14.2. The van der Waals surface area contributed by atoms with Crippen LogP contribution in [-0.4, -0.2) is 41.3 Å². The number of nitrogens with zero attached hydrogens (tertiary/aromatic N) is 4. The van der Waals surface area contributed by atoms with Gasteiger partial charge in [-0.25, -0.2) is 17.8 Å². The van der Waals surface area contributed by atoms with Crippen molar-refractivity contribution in [1.82, 2.24) is 13.9 Å². The Morgan fingerprint density at radius 3 is 2.62 bits per heavy atom. The summed E-state index contributed by atoms with van der Waals surface area (Å²) in [7, 11) is -2.24. The minimum Gasteiger partial charge on any atom is -0.339 e. The summed E-state index contributed by atoms with van der Waals surface area (Å²) in [6.45, 7) is 0.00554. The summed E-state index contributed by atoms with van der Waals surface area (Å²) in [5, 5.41) is 11.8. The predicted molar refractivity (Wildman–Crippen MR) is 114 cm³/mol. The molecule has 1 aromatic heterocycles. The molecule has 1 aliphatic rings. The highest BCUT2D eigenvalue weighted by molar-refractivity contribution is 7.89. The minimum absolute atomic E-state index is 0.0509. The van der Waals surface area contributed by atoms with Crippen LogP contribution in [-0.2, 0) is 21.9 Å². The SMILES string of the molecule is Cn1cnc(S(=O)(=O)N2C[C@H](C(=O)Nc3cccc(C#N)c3)[C@@H](c3ccc(F)cc3)C2)c1. The molecule has 32 heavy (non-hydrogen) atoms. The molecule has 4 rings (SSSR count). The number of nitrogens with one attached hydrogen (secondary N) is 1. The van der Waals surface area contributed by atoms with Crippen LogP contribution in [0.5, 0.6) is 0 Å². The molecule has 10 heteroatoms. The van der Waals surface area contributed by atoms with E-state index in [0.717, 1.165) is 0 Å². The van der Waals surface area contributed by atoms with Gasteiger partial charge in [0.2, 0.25) is 5.91 Å². The molecule has 0 bridgehead atoms. The normalized spacial score (nSPS) is 18.9. The van der Waals surface area contributed by atoms with E-state index in [1.807, 2.05) is 6.07 Å². The van der Waals surface area contributed by atoms with Gasteiger partial charge in [-0.1, -0.05) is 18.2 Å². The number of halogens is 1. The summed E-state index contributed by atoms with van der Waals surface area (Å²) < 4.78 is 42.4. The van der Waals surface area contributed by atoms with Gasteiger partial charge in [-0.15, -0.1) is 0 Å². The van der Waals surface area contributed by atoms with Crippen LogP contribution in [0.15, 0.2) is 66.1 Å². The summed E-state index contributed by atoms with van der Waals surface area (Å²) in [6.07, 6.45) is 2.80. The topological polar surface area (TPSA) is 108 Å². The lowest BCUT2D eigenvalue weighted by Crippen LogP contribution is -2.32. The van der Waals surface area contributed by atoms with E-state index in [9.17, 15) is 17.6 Å². The first-order chi connectivity index (χ1) is 15.3. The maximum Gasteiger partial charge on any atom is 0.262 e.